The van der Waals surface area contributed by atoms with Crippen LogP contribution in [-0.4, -0.2) is 56.6 Å². The molecule has 7 nitrogen and oxygen atoms in total. The number of amides is 2. The third-order valence-electron chi connectivity index (χ3n) is 5.89. The maximum Gasteiger partial charge on any atom is 0.313 e. The van der Waals surface area contributed by atoms with E-state index in [1.165, 1.54) is 32.8 Å². The van der Waals surface area contributed by atoms with Gasteiger partial charge >= 0.3 is 11.8 Å². The van der Waals surface area contributed by atoms with E-state index < -0.39 is 11.8 Å². The Labute approximate surface area is 166 Å². The summed E-state index contributed by atoms with van der Waals surface area (Å²) in [6.07, 6.45) is 7.53. The quantitative estimate of drug-likeness (QED) is 0.731. The minimum absolute atomic E-state index is 0.440. The topological polar surface area (TPSA) is 79.9 Å². The van der Waals surface area contributed by atoms with E-state index in [2.05, 4.69) is 15.5 Å². The van der Waals surface area contributed by atoms with Gasteiger partial charge in [-0.2, -0.15) is 0 Å². The molecular formula is C21H31N3O4. The van der Waals surface area contributed by atoms with Crippen LogP contribution < -0.4 is 20.1 Å². The predicted molar refractivity (Wildman–Crippen MR) is 108 cm³/mol. The zero-order chi connectivity index (χ0) is 19.9. The zero-order valence-electron chi connectivity index (χ0n) is 16.8. The summed E-state index contributed by atoms with van der Waals surface area (Å²) in [5.74, 6) is 0.225. The van der Waals surface area contributed by atoms with Crippen LogP contribution >= 0.6 is 0 Å². The van der Waals surface area contributed by atoms with Crippen molar-refractivity contribution in [3.8, 4) is 11.5 Å². The first kappa shape index (κ1) is 20.5. The van der Waals surface area contributed by atoms with Gasteiger partial charge in [-0.1, -0.05) is 12.8 Å². The molecule has 0 spiro atoms. The fourth-order valence-electron chi connectivity index (χ4n) is 4.21. The first-order valence-corrected chi connectivity index (χ1v) is 10.2. The zero-order valence-corrected chi connectivity index (χ0v) is 16.8. The second-order valence-corrected chi connectivity index (χ2v) is 7.65. The lowest BCUT2D eigenvalue weighted by atomic mass is 9.95. The van der Waals surface area contributed by atoms with Crippen LogP contribution in [0.1, 0.15) is 38.5 Å². The Morgan fingerprint density at radius 1 is 1.00 bits per heavy atom. The lowest BCUT2D eigenvalue weighted by Crippen LogP contribution is -2.44. The molecule has 1 saturated carbocycles. The molecule has 1 aromatic carbocycles. The minimum atomic E-state index is -0.671. The van der Waals surface area contributed by atoms with Crippen LogP contribution in [0, 0.1) is 5.92 Å². The molecule has 7 heteroatoms. The number of carbonyl (C=O) groups excluding carboxylic acids is 2. The molecule has 1 heterocycles. The van der Waals surface area contributed by atoms with Crippen LogP contribution in [0.3, 0.4) is 0 Å². The van der Waals surface area contributed by atoms with Crippen LogP contribution in [0.2, 0.25) is 0 Å². The van der Waals surface area contributed by atoms with E-state index in [1.807, 2.05) is 0 Å². The normalized spacial score (nSPS) is 18.6. The third-order valence-corrected chi connectivity index (χ3v) is 5.89. The molecule has 1 aliphatic heterocycles. The van der Waals surface area contributed by atoms with Gasteiger partial charge in [0.2, 0.25) is 0 Å². The molecule has 28 heavy (non-hydrogen) atoms. The monoisotopic (exact) mass is 389 g/mol. The molecular weight excluding hydrogens is 358 g/mol. The van der Waals surface area contributed by atoms with E-state index in [9.17, 15) is 9.59 Å². The highest BCUT2D eigenvalue weighted by atomic mass is 16.5. The Morgan fingerprint density at radius 2 is 1.68 bits per heavy atom. The van der Waals surface area contributed by atoms with Gasteiger partial charge in [0.1, 0.15) is 0 Å². The molecule has 0 radical (unpaired) electrons. The van der Waals surface area contributed by atoms with Gasteiger partial charge < -0.3 is 25.0 Å². The largest absolute Gasteiger partial charge is 0.493 e. The van der Waals surface area contributed by atoms with Crippen LogP contribution in [0.25, 0.3) is 0 Å². The molecule has 2 fully saturated rings. The van der Waals surface area contributed by atoms with Crippen molar-refractivity contribution in [1.29, 1.82) is 0 Å². The fourth-order valence-corrected chi connectivity index (χ4v) is 4.21. The fraction of sp³-hybridized carbons (Fsp3) is 0.619. The summed E-state index contributed by atoms with van der Waals surface area (Å²) < 4.78 is 10.4. The summed E-state index contributed by atoms with van der Waals surface area (Å²) in [7, 11) is 3.07. The summed E-state index contributed by atoms with van der Waals surface area (Å²) in [4.78, 5) is 26.9. The van der Waals surface area contributed by atoms with Crippen molar-refractivity contribution in [2.45, 2.75) is 44.6 Å². The standard InChI is InChI=1S/C21H31N3O4/c1-27-18-8-7-16(13-19(18)28-2)23-21(26)20(25)22-14-15-9-11-24(12-10-15)17-5-3-4-6-17/h7-8,13,15,17H,3-6,9-12,14H2,1-2H3,(H,22,25)(H,23,26). The number of carbonyl (C=O) groups is 2. The molecule has 2 aliphatic rings. The number of benzene rings is 1. The Morgan fingerprint density at radius 3 is 2.32 bits per heavy atom. The van der Waals surface area contributed by atoms with E-state index >= 15 is 0 Å². The van der Waals surface area contributed by atoms with Gasteiger partial charge in [-0.25, -0.2) is 0 Å². The first-order valence-electron chi connectivity index (χ1n) is 10.2. The van der Waals surface area contributed by atoms with Gasteiger partial charge in [0, 0.05) is 24.3 Å². The average Bonchev–Trinajstić information content (AvgIpc) is 3.27. The second kappa shape index (κ2) is 9.78. The second-order valence-electron chi connectivity index (χ2n) is 7.65. The van der Waals surface area contributed by atoms with E-state index in [0.717, 1.165) is 32.0 Å². The number of nitrogens with zero attached hydrogens (tertiary/aromatic N) is 1. The number of piperidine rings is 1. The minimum Gasteiger partial charge on any atom is -0.493 e. The lowest BCUT2D eigenvalue weighted by Gasteiger charge is -2.36. The number of hydrogen-bond acceptors (Lipinski definition) is 5. The number of methoxy groups -OCH3 is 2. The predicted octanol–water partition coefficient (Wildman–Crippen LogP) is 2.41. The van der Waals surface area contributed by atoms with E-state index in [1.54, 1.807) is 25.3 Å². The molecule has 1 aromatic rings. The molecule has 0 bridgehead atoms. The molecule has 0 atom stereocenters. The van der Waals surface area contributed by atoms with Gasteiger partial charge in [-0.15, -0.1) is 0 Å². The Bertz CT molecular complexity index is 680. The maximum absolute atomic E-state index is 12.2. The van der Waals surface area contributed by atoms with E-state index in [-0.39, 0.29) is 0 Å². The van der Waals surface area contributed by atoms with Crippen molar-refractivity contribution in [3.63, 3.8) is 0 Å². The van der Waals surface area contributed by atoms with Gasteiger partial charge in [0.15, 0.2) is 11.5 Å². The highest BCUT2D eigenvalue weighted by Crippen LogP contribution is 2.30. The molecule has 0 unspecified atom stereocenters. The molecule has 2 amide bonds. The summed E-state index contributed by atoms with van der Waals surface area (Å²) in [6, 6.07) is 5.75. The molecule has 3 rings (SSSR count). The molecule has 0 aromatic heterocycles. The number of nitrogens with one attached hydrogen (secondary N) is 2. The van der Waals surface area contributed by atoms with E-state index in [4.69, 9.17) is 9.47 Å². The summed E-state index contributed by atoms with van der Waals surface area (Å²) >= 11 is 0. The van der Waals surface area contributed by atoms with Crippen LogP contribution in [0.4, 0.5) is 5.69 Å². The smallest absolute Gasteiger partial charge is 0.313 e. The summed E-state index contributed by atoms with van der Waals surface area (Å²) in [6.45, 7) is 2.75. The van der Waals surface area contributed by atoms with E-state index in [0.29, 0.717) is 29.6 Å². The van der Waals surface area contributed by atoms with Crippen LogP contribution in [0.15, 0.2) is 18.2 Å². The van der Waals surface area contributed by atoms with Crippen molar-refractivity contribution in [3.05, 3.63) is 18.2 Å². The Balaban J connectivity index is 1.42. The average molecular weight is 389 g/mol. The van der Waals surface area contributed by atoms with Gasteiger partial charge in [-0.05, 0) is 56.8 Å². The molecule has 1 aliphatic carbocycles. The summed E-state index contributed by atoms with van der Waals surface area (Å²) in [5.41, 5.74) is 0.489. The van der Waals surface area contributed by atoms with Crippen molar-refractivity contribution in [1.82, 2.24) is 10.2 Å². The van der Waals surface area contributed by atoms with Gasteiger partial charge in [0.25, 0.3) is 0 Å². The highest BCUT2D eigenvalue weighted by Gasteiger charge is 2.27. The summed E-state index contributed by atoms with van der Waals surface area (Å²) in [5, 5.41) is 5.39. The maximum atomic E-state index is 12.2. The number of hydrogen-bond donors (Lipinski definition) is 2. The number of rotatable bonds is 6. The SMILES string of the molecule is COc1ccc(NC(=O)C(=O)NCC2CCN(C3CCCC3)CC2)cc1OC. The van der Waals surface area contributed by atoms with Crippen LogP contribution in [0.5, 0.6) is 11.5 Å². The van der Waals surface area contributed by atoms with Crippen molar-refractivity contribution in [2.75, 3.05) is 39.2 Å². The Hall–Kier alpha value is -2.28. The van der Waals surface area contributed by atoms with Gasteiger partial charge in [-0.3, -0.25) is 9.59 Å². The molecule has 1 saturated heterocycles. The highest BCUT2D eigenvalue weighted by molar-refractivity contribution is 6.39. The Kier molecular flexibility index (Phi) is 7.14. The van der Waals surface area contributed by atoms with Crippen molar-refractivity contribution in [2.24, 2.45) is 5.92 Å². The molecule has 2 N–H and O–H groups in total. The number of anilines is 1. The number of ether oxygens (including phenoxy) is 2. The van der Waals surface area contributed by atoms with Crippen molar-refractivity contribution < 1.29 is 19.1 Å². The number of likely N-dealkylation sites (tertiary alicyclic amines) is 1. The lowest BCUT2D eigenvalue weighted by molar-refractivity contribution is -0.136. The first-order chi connectivity index (χ1) is 13.6. The van der Waals surface area contributed by atoms with Crippen molar-refractivity contribution >= 4 is 17.5 Å². The van der Waals surface area contributed by atoms with Crippen LogP contribution in [-0.2, 0) is 9.59 Å². The molecule has 154 valence electrons. The van der Waals surface area contributed by atoms with Gasteiger partial charge in [0.05, 0.1) is 14.2 Å². The third kappa shape index (κ3) is 5.16.